The molecular formula is C16H18N2O3. The van der Waals surface area contributed by atoms with Crippen molar-refractivity contribution in [3.63, 3.8) is 0 Å². The Hall–Kier alpha value is -2.56. The van der Waals surface area contributed by atoms with Crippen LogP contribution in [0.5, 0.6) is 5.75 Å². The summed E-state index contributed by atoms with van der Waals surface area (Å²) in [6.45, 7) is 2.93. The molecule has 0 bridgehead atoms. The van der Waals surface area contributed by atoms with Crippen molar-refractivity contribution in [2.45, 2.75) is 13.3 Å². The molecule has 1 N–H and O–H groups in total. The molecule has 0 saturated heterocycles. The quantitative estimate of drug-likeness (QED) is 0.478. The second-order valence-corrected chi connectivity index (χ2v) is 4.67. The van der Waals surface area contributed by atoms with E-state index in [9.17, 15) is 10.1 Å². The molecule has 0 aliphatic heterocycles. The van der Waals surface area contributed by atoms with E-state index in [4.69, 9.17) is 4.74 Å². The molecule has 0 spiro atoms. The first-order chi connectivity index (χ1) is 10.2. The number of nitro benzene ring substituents is 1. The maximum absolute atomic E-state index is 11.1. The average molecular weight is 286 g/mol. The van der Waals surface area contributed by atoms with Gasteiger partial charge in [0.25, 0.3) is 5.69 Å². The minimum absolute atomic E-state index is 0.140. The number of hydrogen-bond acceptors (Lipinski definition) is 4. The molecule has 2 rings (SSSR count). The first kappa shape index (κ1) is 14.8. The molecule has 0 fully saturated rings. The fraction of sp³-hybridized carbons (Fsp3) is 0.250. The summed E-state index contributed by atoms with van der Waals surface area (Å²) in [6, 6.07) is 14.9. The lowest BCUT2D eigenvalue weighted by atomic mass is 10.1. The summed E-state index contributed by atoms with van der Waals surface area (Å²) in [5, 5.41) is 14.2. The van der Waals surface area contributed by atoms with E-state index < -0.39 is 0 Å². The van der Waals surface area contributed by atoms with Crippen molar-refractivity contribution in [2.75, 3.05) is 18.5 Å². The Balaban J connectivity index is 1.81. The zero-order valence-corrected chi connectivity index (χ0v) is 11.9. The molecule has 5 nitrogen and oxygen atoms in total. The van der Waals surface area contributed by atoms with Crippen molar-refractivity contribution >= 4 is 11.4 Å². The lowest BCUT2D eigenvalue weighted by Crippen LogP contribution is -2.09. The van der Waals surface area contributed by atoms with Gasteiger partial charge in [0, 0.05) is 12.1 Å². The zero-order chi connectivity index (χ0) is 15.1. The van der Waals surface area contributed by atoms with Crippen molar-refractivity contribution in [3.8, 4) is 5.75 Å². The van der Waals surface area contributed by atoms with E-state index in [0.29, 0.717) is 24.4 Å². The highest BCUT2D eigenvalue weighted by atomic mass is 16.6. The van der Waals surface area contributed by atoms with Gasteiger partial charge < -0.3 is 10.1 Å². The van der Waals surface area contributed by atoms with Gasteiger partial charge in [-0.25, -0.2) is 0 Å². The van der Waals surface area contributed by atoms with Crippen molar-refractivity contribution in [1.82, 2.24) is 0 Å². The third-order valence-corrected chi connectivity index (χ3v) is 3.07. The lowest BCUT2D eigenvalue weighted by Gasteiger charge is -2.09. The number of aryl methyl sites for hydroxylation is 1. The number of para-hydroxylation sites is 2. The molecule has 0 unspecified atom stereocenters. The predicted molar refractivity (Wildman–Crippen MR) is 82.9 cm³/mol. The van der Waals surface area contributed by atoms with Crippen molar-refractivity contribution in [2.24, 2.45) is 0 Å². The van der Waals surface area contributed by atoms with Gasteiger partial charge in [0.2, 0.25) is 0 Å². The molecule has 0 radical (unpaired) electrons. The molecule has 2 aromatic rings. The monoisotopic (exact) mass is 286 g/mol. The van der Waals surface area contributed by atoms with E-state index in [2.05, 4.69) is 5.32 Å². The van der Waals surface area contributed by atoms with E-state index in [1.54, 1.807) is 19.1 Å². The first-order valence-corrected chi connectivity index (χ1v) is 6.84. The number of ether oxygens (including phenoxy) is 1. The van der Waals surface area contributed by atoms with Crippen molar-refractivity contribution in [3.05, 3.63) is 64.2 Å². The number of hydrogen-bond donors (Lipinski definition) is 1. The third-order valence-electron chi connectivity index (χ3n) is 3.07. The minimum Gasteiger partial charge on any atom is -0.494 e. The van der Waals surface area contributed by atoms with Crippen molar-refractivity contribution < 1.29 is 9.66 Å². The highest BCUT2D eigenvalue weighted by Gasteiger charge is 2.15. The summed E-state index contributed by atoms with van der Waals surface area (Å²) in [6.07, 6.45) is 0.764. The SMILES string of the molecule is Cc1cccc(NCCCOc2ccccc2)c1[N+](=O)[O-]. The topological polar surface area (TPSA) is 64.4 Å². The van der Waals surface area contributed by atoms with Crippen LogP contribution in [0.25, 0.3) is 0 Å². The van der Waals surface area contributed by atoms with Crippen LogP contribution in [0.4, 0.5) is 11.4 Å². The van der Waals surface area contributed by atoms with Crippen LogP contribution >= 0.6 is 0 Å². The normalized spacial score (nSPS) is 10.1. The average Bonchev–Trinajstić information content (AvgIpc) is 2.47. The second kappa shape index (κ2) is 7.28. The second-order valence-electron chi connectivity index (χ2n) is 4.67. The van der Waals surface area contributed by atoms with Crippen LogP contribution < -0.4 is 10.1 Å². The maximum atomic E-state index is 11.1. The molecule has 0 saturated carbocycles. The highest BCUT2D eigenvalue weighted by Crippen LogP contribution is 2.27. The molecular weight excluding hydrogens is 268 g/mol. The van der Waals surface area contributed by atoms with Gasteiger partial charge in [-0.1, -0.05) is 30.3 Å². The molecule has 5 heteroatoms. The standard InChI is InChI=1S/C16H18N2O3/c1-13-7-5-10-15(16(13)18(19)20)17-11-6-12-21-14-8-3-2-4-9-14/h2-5,7-10,17H,6,11-12H2,1H3. The van der Waals surface area contributed by atoms with Gasteiger partial charge >= 0.3 is 0 Å². The van der Waals surface area contributed by atoms with E-state index in [-0.39, 0.29) is 10.6 Å². The van der Waals surface area contributed by atoms with Gasteiger partial charge in [-0.2, -0.15) is 0 Å². The summed E-state index contributed by atoms with van der Waals surface area (Å²) in [5.41, 5.74) is 1.35. The van der Waals surface area contributed by atoms with Crippen LogP contribution in [-0.2, 0) is 0 Å². The van der Waals surface area contributed by atoms with Gasteiger partial charge in [-0.15, -0.1) is 0 Å². The van der Waals surface area contributed by atoms with E-state index in [0.717, 1.165) is 12.2 Å². The zero-order valence-electron chi connectivity index (χ0n) is 11.9. The Kier molecular flexibility index (Phi) is 5.15. The Bertz CT molecular complexity index is 600. The smallest absolute Gasteiger partial charge is 0.295 e. The van der Waals surface area contributed by atoms with Crippen LogP contribution in [0.15, 0.2) is 48.5 Å². The molecule has 110 valence electrons. The summed E-state index contributed by atoms with van der Waals surface area (Å²) in [4.78, 5) is 10.7. The van der Waals surface area contributed by atoms with Gasteiger partial charge in [0.15, 0.2) is 0 Å². The number of anilines is 1. The molecule has 0 heterocycles. The maximum Gasteiger partial charge on any atom is 0.295 e. The molecule has 0 aliphatic rings. The summed E-state index contributed by atoms with van der Waals surface area (Å²) < 4.78 is 5.57. The summed E-state index contributed by atoms with van der Waals surface area (Å²) >= 11 is 0. The van der Waals surface area contributed by atoms with Crippen LogP contribution in [0.1, 0.15) is 12.0 Å². The first-order valence-electron chi connectivity index (χ1n) is 6.84. The van der Waals surface area contributed by atoms with Gasteiger partial charge in [0.05, 0.1) is 11.5 Å². The van der Waals surface area contributed by atoms with Gasteiger partial charge in [-0.3, -0.25) is 10.1 Å². The van der Waals surface area contributed by atoms with Gasteiger partial charge in [-0.05, 0) is 31.5 Å². The molecule has 2 aromatic carbocycles. The van der Waals surface area contributed by atoms with E-state index >= 15 is 0 Å². The van der Waals surface area contributed by atoms with Crippen molar-refractivity contribution in [1.29, 1.82) is 0 Å². The third kappa shape index (κ3) is 4.21. The Morgan fingerprint density at radius 1 is 1.14 bits per heavy atom. The minimum atomic E-state index is -0.349. The van der Waals surface area contributed by atoms with Crippen LogP contribution in [-0.4, -0.2) is 18.1 Å². The molecule has 0 amide bonds. The van der Waals surface area contributed by atoms with Crippen LogP contribution in [0.2, 0.25) is 0 Å². The molecule has 0 aliphatic carbocycles. The fourth-order valence-electron chi connectivity index (χ4n) is 2.05. The number of nitro groups is 1. The Morgan fingerprint density at radius 2 is 1.90 bits per heavy atom. The van der Waals surface area contributed by atoms with E-state index in [1.807, 2.05) is 36.4 Å². The number of nitrogens with zero attached hydrogens (tertiary/aromatic N) is 1. The highest BCUT2D eigenvalue weighted by molar-refractivity contribution is 5.64. The lowest BCUT2D eigenvalue weighted by molar-refractivity contribution is -0.384. The summed E-state index contributed by atoms with van der Waals surface area (Å²) in [5.74, 6) is 0.832. The largest absolute Gasteiger partial charge is 0.494 e. The fourth-order valence-corrected chi connectivity index (χ4v) is 2.05. The van der Waals surface area contributed by atoms with Crippen LogP contribution in [0.3, 0.4) is 0 Å². The summed E-state index contributed by atoms with van der Waals surface area (Å²) in [7, 11) is 0. The number of rotatable bonds is 7. The number of nitrogens with one attached hydrogen (secondary N) is 1. The predicted octanol–water partition coefficient (Wildman–Crippen LogP) is 3.78. The molecule has 0 aromatic heterocycles. The van der Waals surface area contributed by atoms with Gasteiger partial charge in [0.1, 0.15) is 11.4 Å². The Morgan fingerprint density at radius 3 is 2.62 bits per heavy atom. The molecule has 0 atom stereocenters. The Labute approximate surface area is 123 Å². The van der Waals surface area contributed by atoms with Crippen LogP contribution in [0, 0.1) is 17.0 Å². The van der Waals surface area contributed by atoms with E-state index in [1.165, 1.54) is 0 Å². The number of benzene rings is 2. The molecule has 21 heavy (non-hydrogen) atoms.